The zero-order chi connectivity index (χ0) is 25.9. The van der Waals surface area contributed by atoms with E-state index in [1.165, 1.54) is 6.92 Å². The molecule has 0 bridgehead atoms. The molecule has 35 heavy (non-hydrogen) atoms. The fourth-order valence-corrected chi connectivity index (χ4v) is 3.37. The van der Waals surface area contributed by atoms with Crippen molar-refractivity contribution in [3.63, 3.8) is 0 Å². The molecule has 10 nitrogen and oxygen atoms in total. The maximum absolute atomic E-state index is 13.4. The van der Waals surface area contributed by atoms with Crippen molar-refractivity contribution in [2.45, 2.75) is 59.4 Å². The lowest BCUT2D eigenvalue weighted by atomic mass is 9.88. The van der Waals surface area contributed by atoms with E-state index in [0.717, 1.165) is 5.56 Å². The third-order valence-electron chi connectivity index (χ3n) is 5.13. The number of nitriles is 1. The van der Waals surface area contributed by atoms with Crippen LogP contribution in [0.2, 0.25) is 0 Å². The standard InChI is InChI=1S/C25H37N5O5/c1-6-34-23(32)28-22(30-12-14-33-15-13-30)27-20(16-24(2,3)4)21(31)29-25(5,18-26)35-17-19-10-8-7-9-11-19/h7-11,20H,6,12-17H2,1-5H3,(H,29,31)(H,27,28,32). The van der Waals surface area contributed by atoms with E-state index in [1.807, 2.05) is 62.1 Å². The van der Waals surface area contributed by atoms with Gasteiger partial charge in [-0.15, -0.1) is 0 Å². The molecule has 0 saturated carbocycles. The summed E-state index contributed by atoms with van der Waals surface area (Å²) >= 11 is 0. The summed E-state index contributed by atoms with van der Waals surface area (Å²) in [7, 11) is 0. The van der Waals surface area contributed by atoms with Crippen LogP contribution in [0.5, 0.6) is 0 Å². The van der Waals surface area contributed by atoms with Crippen LogP contribution in [-0.4, -0.2) is 67.5 Å². The zero-order valence-electron chi connectivity index (χ0n) is 21.3. The monoisotopic (exact) mass is 487 g/mol. The Kier molecular flexibility index (Phi) is 10.5. The Morgan fingerprint density at radius 3 is 2.43 bits per heavy atom. The molecule has 0 aliphatic carbocycles. The van der Waals surface area contributed by atoms with Crippen molar-refractivity contribution >= 4 is 18.0 Å². The fourth-order valence-electron chi connectivity index (χ4n) is 3.37. The SMILES string of the molecule is CCOC(=O)N/C(=N\C(CC(C)(C)C)C(=O)NC(C)(C#N)OCc1ccccc1)N1CCOCC1. The van der Waals surface area contributed by atoms with Crippen LogP contribution in [0.4, 0.5) is 4.79 Å². The van der Waals surface area contributed by atoms with Crippen LogP contribution in [-0.2, 0) is 25.6 Å². The third kappa shape index (κ3) is 9.92. The molecular formula is C25H37N5O5. The molecule has 192 valence electrons. The number of nitrogens with zero attached hydrogens (tertiary/aromatic N) is 3. The number of ether oxygens (including phenoxy) is 3. The molecule has 2 rings (SSSR count). The summed E-state index contributed by atoms with van der Waals surface area (Å²) in [5.74, 6) is -0.242. The van der Waals surface area contributed by atoms with E-state index in [2.05, 4.69) is 15.6 Å². The van der Waals surface area contributed by atoms with Gasteiger partial charge in [0.25, 0.3) is 0 Å². The number of rotatable bonds is 8. The van der Waals surface area contributed by atoms with Crippen molar-refractivity contribution in [1.29, 1.82) is 5.26 Å². The molecule has 2 amide bonds. The van der Waals surface area contributed by atoms with Gasteiger partial charge < -0.3 is 24.4 Å². The molecule has 2 N–H and O–H groups in total. The van der Waals surface area contributed by atoms with Crippen LogP contribution in [0, 0.1) is 16.7 Å². The highest BCUT2D eigenvalue weighted by molar-refractivity contribution is 5.96. The Morgan fingerprint density at radius 1 is 1.20 bits per heavy atom. The summed E-state index contributed by atoms with van der Waals surface area (Å²) < 4.78 is 16.2. The van der Waals surface area contributed by atoms with Gasteiger partial charge in [0.15, 0.2) is 0 Å². The van der Waals surface area contributed by atoms with Gasteiger partial charge in [0.2, 0.25) is 17.6 Å². The molecular weight excluding hydrogens is 450 g/mol. The minimum Gasteiger partial charge on any atom is -0.450 e. The average Bonchev–Trinajstić information content (AvgIpc) is 2.82. The van der Waals surface area contributed by atoms with Crippen LogP contribution in [0.1, 0.15) is 46.6 Å². The van der Waals surface area contributed by atoms with Crippen molar-refractivity contribution in [1.82, 2.24) is 15.5 Å². The quantitative estimate of drug-likeness (QED) is 0.328. The van der Waals surface area contributed by atoms with Gasteiger partial charge in [-0.25, -0.2) is 9.79 Å². The van der Waals surface area contributed by atoms with Crippen LogP contribution < -0.4 is 10.6 Å². The highest BCUT2D eigenvalue weighted by Gasteiger charge is 2.33. The predicted molar refractivity (Wildman–Crippen MR) is 131 cm³/mol. The molecule has 1 aliphatic rings. The number of nitrogens with one attached hydrogen (secondary N) is 2. The summed E-state index contributed by atoms with van der Waals surface area (Å²) in [4.78, 5) is 32.1. The first-order valence-corrected chi connectivity index (χ1v) is 11.8. The Morgan fingerprint density at radius 2 is 1.86 bits per heavy atom. The van der Waals surface area contributed by atoms with Crippen molar-refractivity contribution in [2.24, 2.45) is 10.4 Å². The van der Waals surface area contributed by atoms with E-state index in [9.17, 15) is 14.9 Å². The van der Waals surface area contributed by atoms with Crippen molar-refractivity contribution < 1.29 is 23.8 Å². The molecule has 1 aromatic carbocycles. The van der Waals surface area contributed by atoms with E-state index in [4.69, 9.17) is 14.2 Å². The maximum Gasteiger partial charge on any atom is 0.413 e. The molecule has 1 aliphatic heterocycles. The third-order valence-corrected chi connectivity index (χ3v) is 5.13. The molecule has 2 unspecified atom stereocenters. The number of guanidine groups is 1. The molecule has 2 atom stereocenters. The maximum atomic E-state index is 13.4. The lowest BCUT2D eigenvalue weighted by molar-refractivity contribution is -0.130. The molecule has 0 aromatic heterocycles. The summed E-state index contributed by atoms with van der Waals surface area (Å²) in [6.45, 7) is 11.5. The Labute approximate surface area is 207 Å². The van der Waals surface area contributed by atoms with Crippen molar-refractivity contribution in [3.05, 3.63) is 35.9 Å². The lowest BCUT2D eigenvalue weighted by Crippen LogP contribution is -2.53. The molecule has 0 radical (unpaired) electrons. The van der Waals surface area contributed by atoms with Gasteiger partial charge in [0.05, 0.1) is 26.4 Å². The normalized spacial score (nSPS) is 17.0. The van der Waals surface area contributed by atoms with Crippen molar-refractivity contribution in [2.75, 3.05) is 32.9 Å². The minimum absolute atomic E-state index is 0.155. The average molecular weight is 488 g/mol. The lowest BCUT2D eigenvalue weighted by Gasteiger charge is -2.32. The number of hydrogen-bond donors (Lipinski definition) is 2. The van der Waals surface area contributed by atoms with Crippen LogP contribution >= 0.6 is 0 Å². The highest BCUT2D eigenvalue weighted by atomic mass is 16.5. The summed E-state index contributed by atoms with van der Waals surface area (Å²) in [5.41, 5.74) is -0.952. The smallest absolute Gasteiger partial charge is 0.413 e. The second-order valence-electron chi connectivity index (χ2n) is 9.59. The fraction of sp³-hybridized carbons (Fsp3) is 0.600. The largest absolute Gasteiger partial charge is 0.450 e. The van der Waals surface area contributed by atoms with Crippen LogP contribution in [0.25, 0.3) is 0 Å². The van der Waals surface area contributed by atoms with E-state index in [0.29, 0.717) is 32.7 Å². The topological polar surface area (TPSA) is 125 Å². The Balaban J connectivity index is 2.27. The molecule has 1 fully saturated rings. The number of hydrogen-bond acceptors (Lipinski definition) is 7. The van der Waals surface area contributed by atoms with Crippen LogP contribution in [0.3, 0.4) is 0 Å². The molecule has 1 heterocycles. The number of aliphatic imine (C=N–C) groups is 1. The van der Waals surface area contributed by atoms with E-state index < -0.39 is 23.8 Å². The number of benzene rings is 1. The number of carbonyl (C=O) groups is 2. The van der Waals surface area contributed by atoms with Crippen molar-refractivity contribution in [3.8, 4) is 6.07 Å². The summed E-state index contributed by atoms with van der Waals surface area (Å²) in [6, 6.07) is 10.5. The van der Waals surface area contributed by atoms with Gasteiger partial charge in [0.1, 0.15) is 12.1 Å². The Hall–Kier alpha value is -3.16. The minimum atomic E-state index is -1.56. The van der Waals surface area contributed by atoms with Gasteiger partial charge >= 0.3 is 6.09 Å². The van der Waals surface area contributed by atoms with Gasteiger partial charge in [0, 0.05) is 13.1 Å². The van der Waals surface area contributed by atoms with E-state index in [1.54, 1.807) is 6.92 Å². The van der Waals surface area contributed by atoms with Crippen LogP contribution in [0.15, 0.2) is 35.3 Å². The first-order chi connectivity index (χ1) is 16.5. The van der Waals surface area contributed by atoms with E-state index >= 15 is 0 Å². The van der Waals surface area contributed by atoms with Gasteiger partial charge in [-0.1, -0.05) is 51.1 Å². The zero-order valence-corrected chi connectivity index (χ0v) is 21.3. The second-order valence-corrected chi connectivity index (χ2v) is 9.59. The second kappa shape index (κ2) is 13.1. The molecule has 0 spiro atoms. The van der Waals surface area contributed by atoms with Gasteiger partial charge in [-0.3, -0.25) is 10.1 Å². The first kappa shape index (κ1) is 28.1. The van der Waals surface area contributed by atoms with E-state index in [-0.39, 0.29) is 24.6 Å². The predicted octanol–water partition coefficient (Wildman–Crippen LogP) is 2.80. The number of morpholine rings is 1. The molecule has 1 aromatic rings. The number of alkyl carbamates (subject to hydrolysis) is 1. The summed E-state index contributed by atoms with van der Waals surface area (Å²) in [5, 5.41) is 15.1. The number of carbonyl (C=O) groups excluding carboxylic acids is 2. The molecule has 1 saturated heterocycles. The van der Waals surface area contributed by atoms with Gasteiger partial charge in [-0.2, -0.15) is 5.26 Å². The number of amides is 2. The summed E-state index contributed by atoms with van der Waals surface area (Å²) in [6.07, 6.45) is -0.280. The highest BCUT2D eigenvalue weighted by Crippen LogP contribution is 2.24. The molecule has 10 heteroatoms. The van der Waals surface area contributed by atoms with Gasteiger partial charge in [-0.05, 0) is 31.2 Å². The Bertz CT molecular complexity index is 903. The first-order valence-electron chi connectivity index (χ1n) is 11.8.